The lowest BCUT2D eigenvalue weighted by Gasteiger charge is -2.17. The summed E-state index contributed by atoms with van der Waals surface area (Å²) >= 11 is 0. The van der Waals surface area contributed by atoms with E-state index in [1.807, 2.05) is 31.2 Å². The summed E-state index contributed by atoms with van der Waals surface area (Å²) < 4.78 is 5.72. The Morgan fingerprint density at radius 3 is 2.44 bits per heavy atom. The standard InChI is InChI=1S/C23H25NO3/c1-5-10-18-15-19(13-14-21(25)17-11-8-7-9-12-17)22(27-6-2)16-20(18)23(26)24(3)4/h5,7-9,11-16H,1,6,10H2,2-4H3/b14-13+. The van der Waals surface area contributed by atoms with Crippen LogP contribution in [0.15, 0.2) is 61.2 Å². The fourth-order valence-corrected chi connectivity index (χ4v) is 2.68. The number of carbonyl (C=O) groups excluding carboxylic acids is 2. The molecule has 0 heterocycles. The van der Waals surface area contributed by atoms with Crippen molar-refractivity contribution in [2.24, 2.45) is 0 Å². The molecule has 0 unspecified atom stereocenters. The van der Waals surface area contributed by atoms with Crippen LogP contribution in [0.5, 0.6) is 5.75 Å². The summed E-state index contributed by atoms with van der Waals surface area (Å²) in [6.45, 7) is 6.12. The molecular weight excluding hydrogens is 338 g/mol. The number of amides is 1. The lowest BCUT2D eigenvalue weighted by atomic mass is 9.98. The highest BCUT2D eigenvalue weighted by molar-refractivity contribution is 6.07. The van der Waals surface area contributed by atoms with Gasteiger partial charge in [0, 0.05) is 30.8 Å². The van der Waals surface area contributed by atoms with Gasteiger partial charge in [-0.05, 0) is 43.2 Å². The van der Waals surface area contributed by atoms with E-state index in [2.05, 4.69) is 6.58 Å². The van der Waals surface area contributed by atoms with Gasteiger partial charge >= 0.3 is 0 Å². The summed E-state index contributed by atoms with van der Waals surface area (Å²) in [4.78, 5) is 26.4. The molecule has 2 aromatic rings. The third kappa shape index (κ3) is 5.17. The number of rotatable bonds is 8. The summed E-state index contributed by atoms with van der Waals surface area (Å²) in [7, 11) is 3.43. The number of ether oxygens (including phenoxy) is 1. The minimum atomic E-state index is -0.0938. The second-order valence-electron chi connectivity index (χ2n) is 6.24. The fraction of sp³-hybridized carbons (Fsp3) is 0.217. The molecule has 0 saturated heterocycles. The van der Waals surface area contributed by atoms with Crippen molar-refractivity contribution in [3.05, 3.63) is 83.4 Å². The molecule has 2 rings (SSSR count). The number of carbonyl (C=O) groups is 2. The summed E-state index contributed by atoms with van der Waals surface area (Å²) in [5.74, 6) is 0.396. The van der Waals surface area contributed by atoms with Gasteiger partial charge in [-0.1, -0.05) is 36.4 Å². The van der Waals surface area contributed by atoms with Crippen LogP contribution in [-0.2, 0) is 6.42 Å². The highest BCUT2D eigenvalue weighted by Crippen LogP contribution is 2.27. The van der Waals surface area contributed by atoms with Gasteiger partial charge < -0.3 is 9.64 Å². The van der Waals surface area contributed by atoms with E-state index in [4.69, 9.17) is 4.74 Å². The Morgan fingerprint density at radius 1 is 1.15 bits per heavy atom. The number of nitrogens with zero attached hydrogens (tertiary/aromatic N) is 1. The summed E-state index contributed by atoms with van der Waals surface area (Å²) in [6, 6.07) is 12.7. The van der Waals surface area contributed by atoms with E-state index < -0.39 is 0 Å². The SMILES string of the molecule is C=CCc1cc(/C=C/C(=O)c2ccccc2)c(OCC)cc1C(=O)N(C)C. The van der Waals surface area contributed by atoms with Gasteiger partial charge in [-0.2, -0.15) is 0 Å². The molecule has 0 saturated carbocycles. The molecule has 4 nitrogen and oxygen atoms in total. The van der Waals surface area contributed by atoms with Gasteiger partial charge in [0.15, 0.2) is 5.78 Å². The van der Waals surface area contributed by atoms with E-state index in [1.54, 1.807) is 44.4 Å². The van der Waals surface area contributed by atoms with Crippen molar-refractivity contribution >= 4 is 17.8 Å². The Kier molecular flexibility index (Phi) is 7.12. The first-order chi connectivity index (χ1) is 13.0. The molecule has 1 amide bonds. The van der Waals surface area contributed by atoms with Crippen LogP contribution in [0, 0.1) is 0 Å². The third-order valence-electron chi connectivity index (χ3n) is 4.01. The van der Waals surface area contributed by atoms with Crippen molar-refractivity contribution < 1.29 is 14.3 Å². The Hall–Kier alpha value is -3.14. The number of ketones is 1. The van der Waals surface area contributed by atoms with Crippen molar-refractivity contribution in [1.82, 2.24) is 4.90 Å². The van der Waals surface area contributed by atoms with Crippen molar-refractivity contribution in [3.63, 3.8) is 0 Å². The van der Waals surface area contributed by atoms with Crippen LogP contribution in [0.2, 0.25) is 0 Å². The zero-order valence-electron chi connectivity index (χ0n) is 16.1. The number of hydrogen-bond acceptors (Lipinski definition) is 3. The average Bonchev–Trinajstić information content (AvgIpc) is 2.67. The summed E-state index contributed by atoms with van der Waals surface area (Å²) in [5, 5.41) is 0. The molecule has 0 N–H and O–H groups in total. The molecular formula is C23H25NO3. The van der Waals surface area contributed by atoms with Gasteiger partial charge in [-0.25, -0.2) is 0 Å². The molecule has 0 bridgehead atoms. The highest BCUT2D eigenvalue weighted by atomic mass is 16.5. The summed E-state index contributed by atoms with van der Waals surface area (Å²) in [6.07, 6.45) is 5.56. The molecule has 0 fully saturated rings. The maximum absolute atomic E-state index is 12.5. The maximum atomic E-state index is 12.5. The Labute approximate surface area is 160 Å². The first kappa shape index (κ1) is 20.2. The molecule has 0 atom stereocenters. The van der Waals surface area contributed by atoms with E-state index in [1.165, 1.54) is 11.0 Å². The van der Waals surface area contributed by atoms with Crippen molar-refractivity contribution in [3.8, 4) is 5.75 Å². The molecule has 140 valence electrons. The number of allylic oxidation sites excluding steroid dienone is 2. The second-order valence-corrected chi connectivity index (χ2v) is 6.24. The van der Waals surface area contributed by atoms with Crippen molar-refractivity contribution in [2.45, 2.75) is 13.3 Å². The molecule has 2 aromatic carbocycles. The topological polar surface area (TPSA) is 46.6 Å². The van der Waals surface area contributed by atoms with Crippen LogP contribution in [0.25, 0.3) is 6.08 Å². The van der Waals surface area contributed by atoms with Gasteiger partial charge in [0.2, 0.25) is 0 Å². The van der Waals surface area contributed by atoms with Crippen LogP contribution in [-0.4, -0.2) is 37.3 Å². The molecule has 0 spiro atoms. The lowest BCUT2D eigenvalue weighted by Crippen LogP contribution is -2.23. The first-order valence-corrected chi connectivity index (χ1v) is 8.87. The minimum Gasteiger partial charge on any atom is -0.493 e. The van der Waals surface area contributed by atoms with E-state index in [0.717, 1.165) is 11.1 Å². The zero-order valence-corrected chi connectivity index (χ0v) is 16.1. The Bertz CT molecular complexity index is 851. The normalized spacial score (nSPS) is 10.6. The molecule has 0 aliphatic heterocycles. The fourth-order valence-electron chi connectivity index (χ4n) is 2.68. The van der Waals surface area contributed by atoms with E-state index in [9.17, 15) is 9.59 Å². The minimum absolute atomic E-state index is 0.0863. The number of hydrogen-bond donors (Lipinski definition) is 0. The van der Waals surface area contributed by atoms with E-state index in [-0.39, 0.29) is 11.7 Å². The Morgan fingerprint density at radius 2 is 1.85 bits per heavy atom. The average molecular weight is 363 g/mol. The van der Waals surface area contributed by atoms with Crippen LogP contribution < -0.4 is 4.74 Å². The van der Waals surface area contributed by atoms with Crippen LogP contribution in [0.3, 0.4) is 0 Å². The van der Waals surface area contributed by atoms with E-state index >= 15 is 0 Å². The second kappa shape index (κ2) is 9.53. The van der Waals surface area contributed by atoms with Gasteiger partial charge in [0.25, 0.3) is 5.91 Å². The number of benzene rings is 2. The monoisotopic (exact) mass is 363 g/mol. The van der Waals surface area contributed by atoms with Gasteiger partial charge in [0.1, 0.15) is 5.75 Å². The highest BCUT2D eigenvalue weighted by Gasteiger charge is 2.16. The van der Waals surface area contributed by atoms with E-state index in [0.29, 0.717) is 29.9 Å². The predicted octanol–water partition coefficient (Wildman–Crippen LogP) is 4.41. The van der Waals surface area contributed by atoms with Crippen LogP contribution in [0.1, 0.15) is 38.8 Å². The molecule has 27 heavy (non-hydrogen) atoms. The van der Waals surface area contributed by atoms with Gasteiger partial charge in [-0.15, -0.1) is 6.58 Å². The smallest absolute Gasteiger partial charge is 0.253 e. The molecule has 0 aliphatic carbocycles. The van der Waals surface area contributed by atoms with Gasteiger partial charge in [0.05, 0.1) is 6.61 Å². The molecule has 4 heteroatoms. The predicted molar refractivity (Wildman–Crippen MR) is 109 cm³/mol. The third-order valence-corrected chi connectivity index (χ3v) is 4.01. The zero-order chi connectivity index (χ0) is 19.8. The van der Waals surface area contributed by atoms with Crippen molar-refractivity contribution in [1.29, 1.82) is 0 Å². The summed E-state index contributed by atoms with van der Waals surface area (Å²) in [5.41, 5.74) is 2.81. The Balaban J connectivity index is 2.46. The lowest BCUT2D eigenvalue weighted by molar-refractivity contribution is 0.0826. The largest absolute Gasteiger partial charge is 0.493 e. The molecule has 0 aliphatic rings. The van der Waals surface area contributed by atoms with Crippen molar-refractivity contribution in [2.75, 3.05) is 20.7 Å². The molecule has 0 radical (unpaired) electrons. The molecule has 0 aromatic heterocycles. The van der Waals surface area contributed by atoms with Gasteiger partial charge in [-0.3, -0.25) is 9.59 Å². The maximum Gasteiger partial charge on any atom is 0.253 e. The first-order valence-electron chi connectivity index (χ1n) is 8.87. The quantitative estimate of drug-likeness (QED) is 0.396. The van der Waals surface area contributed by atoms with Crippen LogP contribution >= 0.6 is 0 Å². The van der Waals surface area contributed by atoms with Crippen LogP contribution in [0.4, 0.5) is 0 Å².